The number of benzene rings is 1. The number of aliphatic hydroxyl groups is 1. The quantitative estimate of drug-likeness (QED) is 0.364. The molecule has 172 valence electrons. The number of carbonyl (C=O) groups is 1. The maximum Gasteiger partial charge on any atom is 0.348 e. The summed E-state index contributed by atoms with van der Waals surface area (Å²) in [6.07, 6.45) is 1.49. The van der Waals surface area contributed by atoms with Gasteiger partial charge in [-0.1, -0.05) is 30.3 Å². The van der Waals surface area contributed by atoms with Crippen molar-refractivity contribution in [2.24, 2.45) is 0 Å². The van der Waals surface area contributed by atoms with Crippen LogP contribution in [0.2, 0.25) is 0 Å². The number of aromatic nitrogens is 2. The van der Waals surface area contributed by atoms with Crippen LogP contribution in [0, 0.1) is 6.92 Å². The number of hydrogen-bond acceptors (Lipinski definition) is 8. The molecule has 3 heterocycles. The summed E-state index contributed by atoms with van der Waals surface area (Å²) in [7, 11) is 1.31. The summed E-state index contributed by atoms with van der Waals surface area (Å²) in [6.45, 7) is 2.80. The number of nitrogens with one attached hydrogen (secondary N) is 1. The first-order valence-electron chi connectivity index (χ1n) is 10.5. The van der Waals surface area contributed by atoms with Crippen molar-refractivity contribution in [3.8, 4) is 0 Å². The van der Waals surface area contributed by atoms with Gasteiger partial charge in [0, 0.05) is 6.54 Å². The number of carbonyl (C=O) groups excluding carboxylic acids is 1. The molecule has 0 aliphatic carbocycles. The van der Waals surface area contributed by atoms with Gasteiger partial charge >= 0.3 is 5.97 Å². The lowest BCUT2D eigenvalue weighted by Gasteiger charge is -2.24. The predicted molar refractivity (Wildman–Crippen MR) is 125 cm³/mol. The fourth-order valence-corrected chi connectivity index (χ4v) is 4.94. The average Bonchev–Trinajstić information content (AvgIpc) is 3.41. The number of H-pyrrole nitrogens is 1. The molecule has 0 fully saturated rings. The van der Waals surface area contributed by atoms with Crippen molar-refractivity contribution in [2.75, 3.05) is 13.7 Å². The van der Waals surface area contributed by atoms with Crippen LogP contribution in [0.5, 0.6) is 0 Å². The molecule has 0 radical (unpaired) electrons. The summed E-state index contributed by atoms with van der Waals surface area (Å²) >= 11 is 1.14. The zero-order valence-electron chi connectivity index (χ0n) is 18.4. The van der Waals surface area contributed by atoms with Crippen molar-refractivity contribution in [1.29, 1.82) is 0 Å². The van der Waals surface area contributed by atoms with Crippen LogP contribution >= 0.6 is 11.3 Å². The van der Waals surface area contributed by atoms with Crippen LogP contribution in [0.15, 0.2) is 57.9 Å². The maximum absolute atomic E-state index is 12.8. The van der Waals surface area contributed by atoms with E-state index in [0.29, 0.717) is 52.5 Å². The first-order chi connectivity index (χ1) is 15.9. The Hall–Kier alpha value is -3.27. The van der Waals surface area contributed by atoms with E-state index in [1.165, 1.54) is 7.11 Å². The van der Waals surface area contributed by atoms with E-state index in [1.807, 2.05) is 47.4 Å². The molecule has 0 saturated carbocycles. The predicted octanol–water partition coefficient (Wildman–Crippen LogP) is 3.28. The standard InChI is InChI=1S/C24H25N3O5S/c1-15-20-22(29)25-19(26-23(20)33-21(15)24(30)31-2)14-27(13-18-9-6-10-32-18)12-17(28)11-16-7-4-3-5-8-16/h3-10,17,28H,11-14H2,1-2H3,(H,25,26,29). The average molecular weight is 468 g/mol. The molecule has 1 aromatic carbocycles. The van der Waals surface area contributed by atoms with Crippen LogP contribution < -0.4 is 5.56 Å². The molecule has 9 heteroatoms. The number of rotatable bonds is 9. The van der Waals surface area contributed by atoms with Gasteiger partial charge in [-0.05, 0) is 36.6 Å². The number of nitrogens with zero attached hydrogens (tertiary/aromatic N) is 2. The van der Waals surface area contributed by atoms with Crippen LogP contribution in [0.25, 0.3) is 10.2 Å². The Labute approximate surface area is 194 Å². The van der Waals surface area contributed by atoms with E-state index in [2.05, 4.69) is 9.97 Å². The van der Waals surface area contributed by atoms with E-state index in [-0.39, 0.29) is 5.56 Å². The highest BCUT2D eigenvalue weighted by Gasteiger charge is 2.21. The number of furan rings is 1. The maximum atomic E-state index is 12.8. The third-order valence-electron chi connectivity index (χ3n) is 5.34. The third kappa shape index (κ3) is 5.39. The van der Waals surface area contributed by atoms with Gasteiger partial charge in [-0.2, -0.15) is 0 Å². The Balaban J connectivity index is 1.58. The van der Waals surface area contributed by atoms with Crippen LogP contribution in [-0.2, 0) is 24.2 Å². The number of fused-ring (bicyclic) bond motifs is 1. The molecule has 0 aliphatic rings. The molecule has 0 spiro atoms. The molecular weight excluding hydrogens is 442 g/mol. The van der Waals surface area contributed by atoms with Gasteiger partial charge in [-0.3, -0.25) is 9.69 Å². The highest BCUT2D eigenvalue weighted by atomic mass is 32.1. The second-order valence-electron chi connectivity index (χ2n) is 7.83. The van der Waals surface area contributed by atoms with E-state index in [1.54, 1.807) is 13.2 Å². The Morgan fingerprint density at radius 3 is 2.73 bits per heavy atom. The van der Waals surface area contributed by atoms with Gasteiger partial charge in [0.05, 0.1) is 38.0 Å². The molecule has 3 aromatic heterocycles. The van der Waals surface area contributed by atoms with Crippen molar-refractivity contribution in [1.82, 2.24) is 14.9 Å². The molecule has 8 nitrogen and oxygen atoms in total. The Morgan fingerprint density at radius 2 is 2.03 bits per heavy atom. The van der Waals surface area contributed by atoms with E-state index in [0.717, 1.165) is 22.7 Å². The van der Waals surface area contributed by atoms with E-state index >= 15 is 0 Å². The van der Waals surface area contributed by atoms with Crippen LogP contribution in [0.1, 0.15) is 32.4 Å². The molecule has 2 N–H and O–H groups in total. The van der Waals surface area contributed by atoms with Crippen molar-refractivity contribution >= 4 is 27.5 Å². The first-order valence-corrected chi connectivity index (χ1v) is 11.3. The zero-order valence-corrected chi connectivity index (χ0v) is 19.2. The van der Waals surface area contributed by atoms with Crippen LogP contribution in [0.4, 0.5) is 0 Å². The van der Waals surface area contributed by atoms with Crippen LogP contribution in [0.3, 0.4) is 0 Å². The van der Waals surface area contributed by atoms with Gasteiger partial charge in [0.25, 0.3) is 5.56 Å². The van der Waals surface area contributed by atoms with Gasteiger partial charge in [-0.15, -0.1) is 11.3 Å². The number of aromatic amines is 1. The minimum Gasteiger partial charge on any atom is -0.468 e. The molecule has 0 amide bonds. The van der Waals surface area contributed by atoms with Crippen LogP contribution in [-0.4, -0.2) is 45.7 Å². The number of hydrogen-bond donors (Lipinski definition) is 2. The number of methoxy groups -OCH3 is 1. The Kier molecular flexibility index (Phi) is 7.02. The number of ether oxygens (including phenoxy) is 1. The summed E-state index contributed by atoms with van der Waals surface area (Å²) in [4.78, 5) is 35.1. The summed E-state index contributed by atoms with van der Waals surface area (Å²) in [5.74, 6) is 0.703. The molecule has 0 bridgehead atoms. The van der Waals surface area contributed by atoms with Gasteiger partial charge in [0.1, 0.15) is 21.3 Å². The fourth-order valence-electron chi connectivity index (χ4n) is 3.82. The van der Waals surface area contributed by atoms with Crippen molar-refractivity contribution < 1.29 is 19.1 Å². The first kappa shape index (κ1) is 22.9. The second-order valence-corrected chi connectivity index (χ2v) is 8.83. The lowest BCUT2D eigenvalue weighted by Crippen LogP contribution is -2.34. The molecule has 1 unspecified atom stereocenters. The fraction of sp³-hybridized carbons (Fsp3) is 0.292. The van der Waals surface area contributed by atoms with Gasteiger partial charge in [0.2, 0.25) is 0 Å². The van der Waals surface area contributed by atoms with E-state index in [9.17, 15) is 14.7 Å². The van der Waals surface area contributed by atoms with Gasteiger partial charge in [-0.25, -0.2) is 9.78 Å². The SMILES string of the molecule is COC(=O)c1sc2nc(CN(Cc3ccco3)CC(O)Cc3ccccc3)[nH]c(=O)c2c1C. The number of aliphatic hydroxyl groups excluding tert-OH is 1. The Morgan fingerprint density at radius 1 is 1.24 bits per heavy atom. The topological polar surface area (TPSA) is 109 Å². The summed E-state index contributed by atoms with van der Waals surface area (Å²) in [5.41, 5.74) is 1.30. The normalized spacial score (nSPS) is 12.4. The summed E-state index contributed by atoms with van der Waals surface area (Å²) < 4.78 is 10.3. The third-order valence-corrected chi connectivity index (χ3v) is 6.50. The zero-order chi connectivity index (χ0) is 23.4. The highest BCUT2D eigenvalue weighted by molar-refractivity contribution is 7.20. The minimum atomic E-state index is -0.618. The van der Waals surface area contributed by atoms with Crippen molar-refractivity contribution in [3.63, 3.8) is 0 Å². The summed E-state index contributed by atoms with van der Waals surface area (Å²) in [6, 6.07) is 13.5. The van der Waals surface area contributed by atoms with E-state index < -0.39 is 12.1 Å². The lowest BCUT2D eigenvalue weighted by atomic mass is 10.1. The molecule has 33 heavy (non-hydrogen) atoms. The molecule has 0 saturated heterocycles. The monoisotopic (exact) mass is 467 g/mol. The smallest absolute Gasteiger partial charge is 0.348 e. The van der Waals surface area contributed by atoms with Gasteiger partial charge in [0.15, 0.2) is 0 Å². The molecule has 4 rings (SSSR count). The number of aryl methyl sites for hydroxylation is 1. The lowest BCUT2D eigenvalue weighted by molar-refractivity contribution is 0.0605. The minimum absolute atomic E-state index is 0.294. The molecule has 0 aliphatic heterocycles. The highest BCUT2D eigenvalue weighted by Crippen LogP contribution is 2.27. The largest absolute Gasteiger partial charge is 0.468 e. The Bertz CT molecular complexity index is 1280. The second kappa shape index (κ2) is 10.1. The molecule has 4 aromatic rings. The number of esters is 1. The van der Waals surface area contributed by atoms with Crippen molar-refractivity contribution in [3.05, 3.63) is 86.7 Å². The van der Waals surface area contributed by atoms with E-state index in [4.69, 9.17) is 9.15 Å². The van der Waals surface area contributed by atoms with Gasteiger partial charge < -0.3 is 19.2 Å². The number of thiophene rings is 1. The molecule has 1 atom stereocenters. The van der Waals surface area contributed by atoms with Crippen molar-refractivity contribution in [2.45, 2.75) is 32.5 Å². The summed E-state index contributed by atoms with van der Waals surface area (Å²) in [5, 5.41) is 11.1. The molecular formula is C24H25N3O5S.